The van der Waals surface area contributed by atoms with Crippen LogP contribution < -0.4 is 10.1 Å². The predicted octanol–water partition coefficient (Wildman–Crippen LogP) is 4.52. The van der Waals surface area contributed by atoms with Crippen LogP contribution in [0.4, 0.5) is 19.0 Å². The normalized spacial score (nSPS) is 11.3. The van der Waals surface area contributed by atoms with Crippen molar-refractivity contribution in [2.24, 2.45) is 0 Å². The zero-order chi connectivity index (χ0) is 20.3. The summed E-state index contributed by atoms with van der Waals surface area (Å²) in [6, 6.07) is 13.4. The van der Waals surface area contributed by atoms with Crippen molar-refractivity contribution in [3.63, 3.8) is 0 Å². The average molecular weight is 389 g/mol. The summed E-state index contributed by atoms with van der Waals surface area (Å²) < 4.78 is 45.2. The van der Waals surface area contributed by atoms with Crippen LogP contribution in [0.5, 0.6) is 5.75 Å². The number of carbonyl (C=O) groups excluding carboxylic acids is 1. The van der Waals surface area contributed by atoms with E-state index in [0.717, 1.165) is 12.1 Å². The molecule has 0 bridgehead atoms. The molecule has 0 unspecified atom stereocenters. The number of hydrogen-bond acceptors (Lipinski definition) is 3. The number of amides is 1. The minimum Gasteiger partial charge on any atom is -0.497 e. The van der Waals surface area contributed by atoms with Gasteiger partial charge < -0.3 is 10.1 Å². The molecule has 3 rings (SSSR count). The Morgan fingerprint density at radius 3 is 2.61 bits per heavy atom. The molecular weight excluding hydrogens is 371 g/mol. The molecule has 3 aromatic rings. The summed E-state index contributed by atoms with van der Waals surface area (Å²) in [6.45, 7) is 1.92. The van der Waals surface area contributed by atoms with Crippen molar-refractivity contribution < 1.29 is 22.7 Å². The van der Waals surface area contributed by atoms with Crippen molar-refractivity contribution in [2.75, 3.05) is 12.4 Å². The summed E-state index contributed by atoms with van der Waals surface area (Å²) >= 11 is 0. The number of carbonyl (C=O) groups is 1. The number of hydrogen-bond donors (Lipinski definition) is 1. The molecular formula is C20H18F3N3O2. The fourth-order valence-electron chi connectivity index (χ4n) is 2.70. The molecule has 0 saturated heterocycles. The molecule has 1 N–H and O–H groups in total. The van der Waals surface area contributed by atoms with Crippen molar-refractivity contribution in [3.8, 4) is 5.75 Å². The van der Waals surface area contributed by atoms with Gasteiger partial charge in [0.1, 0.15) is 5.75 Å². The summed E-state index contributed by atoms with van der Waals surface area (Å²) in [4.78, 5) is 12.4. The van der Waals surface area contributed by atoms with E-state index in [4.69, 9.17) is 4.74 Å². The van der Waals surface area contributed by atoms with E-state index in [1.54, 1.807) is 43.3 Å². The van der Waals surface area contributed by atoms with Crippen LogP contribution in [-0.4, -0.2) is 22.8 Å². The lowest BCUT2D eigenvalue weighted by atomic mass is 10.1. The Balaban J connectivity index is 1.75. The average Bonchev–Trinajstić information content (AvgIpc) is 3.00. The Labute approximate surface area is 159 Å². The third-order valence-electron chi connectivity index (χ3n) is 4.14. The number of ether oxygens (including phenoxy) is 1. The van der Waals surface area contributed by atoms with Crippen molar-refractivity contribution in [1.29, 1.82) is 0 Å². The molecule has 0 saturated carbocycles. The zero-order valence-corrected chi connectivity index (χ0v) is 15.2. The van der Waals surface area contributed by atoms with Crippen molar-refractivity contribution in [3.05, 3.63) is 77.0 Å². The molecule has 1 amide bonds. The molecule has 0 spiro atoms. The Kier molecular flexibility index (Phi) is 5.39. The van der Waals surface area contributed by atoms with Gasteiger partial charge in [-0.2, -0.15) is 18.3 Å². The third-order valence-corrected chi connectivity index (χ3v) is 4.14. The number of methoxy groups -OCH3 is 1. The van der Waals surface area contributed by atoms with E-state index in [9.17, 15) is 18.0 Å². The van der Waals surface area contributed by atoms with E-state index in [1.807, 2.05) is 0 Å². The minimum atomic E-state index is -4.40. The first-order valence-electron chi connectivity index (χ1n) is 8.42. The van der Waals surface area contributed by atoms with Crippen LogP contribution in [-0.2, 0) is 12.7 Å². The number of alkyl halides is 3. The van der Waals surface area contributed by atoms with Gasteiger partial charge in [0.05, 0.1) is 19.2 Å². The van der Waals surface area contributed by atoms with E-state index in [-0.39, 0.29) is 12.5 Å². The molecule has 8 heteroatoms. The maximum Gasteiger partial charge on any atom is 0.416 e. The molecule has 0 fully saturated rings. The molecule has 0 aliphatic carbocycles. The van der Waals surface area contributed by atoms with Crippen LogP contribution >= 0.6 is 0 Å². The number of halogens is 3. The van der Waals surface area contributed by atoms with E-state index < -0.39 is 11.7 Å². The van der Waals surface area contributed by atoms with Crippen LogP contribution in [0.15, 0.2) is 54.6 Å². The van der Waals surface area contributed by atoms with Crippen LogP contribution in [0.2, 0.25) is 0 Å². The van der Waals surface area contributed by atoms with Crippen molar-refractivity contribution in [1.82, 2.24) is 9.78 Å². The van der Waals surface area contributed by atoms with E-state index >= 15 is 0 Å². The number of aromatic nitrogens is 2. The summed E-state index contributed by atoms with van der Waals surface area (Å²) in [5, 5.41) is 6.96. The Bertz CT molecular complexity index is 996. The number of rotatable bonds is 5. The summed E-state index contributed by atoms with van der Waals surface area (Å²) in [5.74, 6) is 0.513. The first-order chi connectivity index (χ1) is 13.3. The SMILES string of the molecule is COc1cccc(C(=O)Nc2cc(C)n(Cc3cccc(C(F)(F)F)c3)n2)c1. The van der Waals surface area contributed by atoms with Gasteiger partial charge in [-0.25, -0.2) is 0 Å². The van der Waals surface area contributed by atoms with Crippen LogP contribution in [0.25, 0.3) is 0 Å². The molecule has 28 heavy (non-hydrogen) atoms. The summed E-state index contributed by atoms with van der Waals surface area (Å²) in [5.41, 5.74) is 0.871. The predicted molar refractivity (Wildman–Crippen MR) is 98.5 cm³/mol. The standard InChI is InChI=1S/C20H18F3N3O2/c1-13-9-18(24-19(27)15-6-4-8-17(11-15)28-2)25-26(13)12-14-5-3-7-16(10-14)20(21,22)23/h3-11H,12H2,1-2H3,(H,24,25,27). The van der Waals surface area contributed by atoms with Crippen LogP contribution in [0.1, 0.15) is 27.2 Å². The third kappa shape index (κ3) is 4.51. The highest BCUT2D eigenvalue weighted by Gasteiger charge is 2.30. The zero-order valence-electron chi connectivity index (χ0n) is 15.2. The lowest BCUT2D eigenvalue weighted by Crippen LogP contribution is -2.13. The second-order valence-electron chi connectivity index (χ2n) is 6.21. The molecule has 5 nitrogen and oxygen atoms in total. The molecule has 2 aromatic carbocycles. The van der Waals surface area contributed by atoms with Gasteiger partial charge >= 0.3 is 6.18 Å². The molecule has 0 radical (unpaired) electrons. The lowest BCUT2D eigenvalue weighted by molar-refractivity contribution is -0.137. The van der Waals surface area contributed by atoms with Gasteiger partial charge in [0, 0.05) is 17.3 Å². The Hall–Kier alpha value is -3.29. The van der Waals surface area contributed by atoms with Crippen LogP contribution in [0.3, 0.4) is 0 Å². The number of anilines is 1. The maximum absolute atomic E-state index is 12.9. The highest BCUT2D eigenvalue weighted by atomic mass is 19.4. The molecule has 0 aliphatic rings. The number of aryl methyl sites for hydroxylation is 1. The van der Waals surface area contributed by atoms with Gasteiger partial charge in [-0.05, 0) is 42.8 Å². The van der Waals surface area contributed by atoms with Crippen molar-refractivity contribution in [2.45, 2.75) is 19.6 Å². The Morgan fingerprint density at radius 1 is 1.14 bits per heavy atom. The number of nitrogens with zero attached hydrogens (tertiary/aromatic N) is 2. The smallest absolute Gasteiger partial charge is 0.416 e. The van der Waals surface area contributed by atoms with Gasteiger partial charge in [-0.3, -0.25) is 9.48 Å². The van der Waals surface area contributed by atoms with Gasteiger partial charge in [0.15, 0.2) is 5.82 Å². The fraction of sp³-hybridized carbons (Fsp3) is 0.200. The molecule has 1 aromatic heterocycles. The van der Waals surface area contributed by atoms with Crippen LogP contribution in [0, 0.1) is 6.92 Å². The molecule has 0 aliphatic heterocycles. The van der Waals surface area contributed by atoms with E-state index in [1.165, 1.54) is 17.9 Å². The fourth-order valence-corrected chi connectivity index (χ4v) is 2.70. The quantitative estimate of drug-likeness (QED) is 0.698. The van der Waals surface area contributed by atoms with Gasteiger partial charge in [0.25, 0.3) is 5.91 Å². The monoisotopic (exact) mass is 389 g/mol. The number of benzene rings is 2. The van der Waals surface area contributed by atoms with Gasteiger partial charge in [-0.15, -0.1) is 0 Å². The first kappa shape index (κ1) is 19.5. The summed E-state index contributed by atoms with van der Waals surface area (Å²) in [6.07, 6.45) is -4.40. The highest BCUT2D eigenvalue weighted by Crippen LogP contribution is 2.29. The second kappa shape index (κ2) is 7.75. The van der Waals surface area contributed by atoms with E-state index in [0.29, 0.717) is 28.4 Å². The topological polar surface area (TPSA) is 56.1 Å². The molecule has 146 valence electrons. The number of nitrogens with one attached hydrogen (secondary N) is 1. The minimum absolute atomic E-state index is 0.158. The largest absolute Gasteiger partial charge is 0.497 e. The summed E-state index contributed by atoms with van der Waals surface area (Å²) in [7, 11) is 1.51. The highest BCUT2D eigenvalue weighted by molar-refractivity contribution is 6.04. The van der Waals surface area contributed by atoms with E-state index in [2.05, 4.69) is 10.4 Å². The lowest BCUT2D eigenvalue weighted by Gasteiger charge is -2.09. The van der Waals surface area contributed by atoms with Gasteiger partial charge in [0.2, 0.25) is 0 Å². The Morgan fingerprint density at radius 2 is 1.89 bits per heavy atom. The second-order valence-corrected chi connectivity index (χ2v) is 6.21. The molecule has 1 heterocycles. The van der Waals surface area contributed by atoms with Gasteiger partial charge in [-0.1, -0.05) is 18.2 Å². The molecule has 0 atom stereocenters. The maximum atomic E-state index is 12.9. The van der Waals surface area contributed by atoms with Crippen molar-refractivity contribution >= 4 is 11.7 Å². The first-order valence-corrected chi connectivity index (χ1v) is 8.42.